The van der Waals surface area contributed by atoms with Gasteiger partial charge in [-0.1, -0.05) is 0 Å². The molecule has 4 heterocycles. The number of furan rings is 1. The first kappa shape index (κ1) is 20.5. The number of nitrogens with zero attached hydrogens (tertiary/aromatic N) is 3. The number of aliphatic hydroxyl groups excluding tert-OH is 2. The average molecular weight is 416 g/mol. The van der Waals surface area contributed by atoms with Crippen LogP contribution in [0.2, 0.25) is 0 Å². The number of pyridine rings is 1. The van der Waals surface area contributed by atoms with E-state index >= 15 is 0 Å². The number of aromatic nitrogens is 1. The van der Waals surface area contributed by atoms with E-state index in [0.717, 1.165) is 11.1 Å². The Hall–Kier alpha value is -2.76. The maximum Gasteiger partial charge on any atom is 0.220 e. The van der Waals surface area contributed by atoms with Gasteiger partial charge in [0.05, 0.1) is 19.8 Å². The molecular weight excluding hydrogens is 392 g/mol. The molecule has 2 aromatic heterocycles. The van der Waals surface area contributed by atoms with Crippen LogP contribution in [-0.4, -0.2) is 71.0 Å². The average Bonchev–Trinajstić information content (AvgIpc) is 3.30. The number of morpholine rings is 1. The molecule has 2 aromatic rings. The van der Waals surface area contributed by atoms with E-state index in [2.05, 4.69) is 15.4 Å². The van der Waals surface area contributed by atoms with Crippen molar-refractivity contribution in [1.29, 1.82) is 0 Å². The molecule has 10 nitrogen and oxygen atoms in total. The Balaban J connectivity index is 1.65. The van der Waals surface area contributed by atoms with Gasteiger partial charge in [-0.05, 0) is 24.6 Å². The summed E-state index contributed by atoms with van der Waals surface area (Å²) < 4.78 is 16.6. The van der Waals surface area contributed by atoms with Gasteiger partial charge < -0.3 is 29.2 Å². The number of hydrazine groups is 1. The predicted octanol–water partition coefficient (Wildman–Crippen LogP) is 1.69. The van der Waals surface area contributed by atoms with Gasteiger partial charge in [0.1, 0.15) is 5.56 Å². The lowest BCUT2D eigenvalue weighted by atomic mass is 10.1. The molecule has 4 rings (SSSR count). The summed E-state index contributed by atoms with van der Waals surface area (Å²) in [7, 11) is 0. The molecule has 2 aliphatic rings. The summed E-state index contributed by atoms with van der Waals surface area (Å²) in [6, 6.07) is 3.68. The highest BCUT2D eigenvalue weighted by atomic mass is 16.6. The number of anilines is 1. The van der Waals surface area contributed by atoms with Crippen LogP contribution >= 0.6 is 0 Å². The van der Waals surface area contributed by atoms with E-state index in [1.807, 2.05) is 11.1 Å². The van der Waals surface area contributed by atoms with E-state index in [-0.39, 0.29) is 36.2 Å². The third kappa shape index (κ3) is 4.37. The highest BCUT2D eigenvalue weighted by molar-refractivity contribution is 6.20. The van der Waals surface area contributed by atoms with Crippen molar-refractivity contribution in [2.24, 2.45) is 4.99 Å². The lowest BCUT2D eigenvalue weighted by Crippen LogP contribution is -2.40. The van der Waals surface area contributed by atoms with Gasteiger partial charge in [-0.25, -0.2) is 15.0 Å². The fraction of sp³-hybridized carbons (Fsp3) is 0.400. The van der Waals surface area contributed by atoms with Crippen LogP contribution in [0.25, 0.3) is 11.6 Å². The highest BCUT2D eigenvalue weighted by Crippen LogP contribution is 2.41. The predicted molar refractivity (Wildman–Crippen MR) is 109 cm³/mol. The number of aliphatic hydroxyl groups is 2. The molecule has 1 saturated heterocycles. The van der Waals surface area contributed by atoms with Crippen LogP contribution in [0.4, 0.5) is 11.7 Å². The van der Waals surface area contributed by atoms with Crippen LogP contribution in [0, 0.1) is 0 Å². The third-order valence-electron chi connectivity index (χ3n) is 4.75. The Morgan fingerprint density at radius 3 is 2.97 bits per heavy atom. The van der Waals surface area contributed by atoms with Crippen LogP contribution in [0.3, 0.4) is 0 Å². The van der Waals surface area contributed by atoms with Gasteiger partial charge in [0, 0.05) is 43.2 Å². The largest absolute Gasteiger partial charge is 0.504 e. The molecule has 0 aromatic carbocycles. The molecule has 0 saturated carbocycles. The second-order valence-corrected chi connectivity index (χ2v) is 6.80. The summed E-state index contributed by atoms with van der Waals surface area (Å²) >= 11 is 0. The minimum absolute atomic E-state index is 0.0624. The van der Waals surface area contributed by atoms with E-state index < -0.39 is 6.29 Å². The first-order valence-corrected chi connectivity index (χ1v) is 9.74. The maximum absolute atomic E-state index is 10.8. The Bertz CT molecular complexity index is 935. The molecule has 160 valence electrons. The van der Waals surface area contributed by atoms with Gasteiger partial charge in [0.25, 0.3) is 0 Å². The van der Waals surface area contributed by atoms with Crippen LogP contribution in [-0.2, 0) is 9.47 Å². The van der Waals surface area contributed by atoms with Gasteiger partial charge in [0.2, 0.25) is 5.88 Å². The second-order valence-electron chi connectivity index (χ2n) is 6.80. The normalized spacial score (nSPS) is 18.7. The number of nitrogens with one attached hydrogen (secondary N) is 1. The van der Waals surface area contributed by atoms with Crippen molar-refractivity contribution in [2.45, 2.75) is 12.7 Å². The van der Waals surface area contributed by atoms with Crippen LogP contribution < -0.4 is 5.43 Å². The van der Waals surface area contributed by atoms with E-state index in [1.165, 1.54) is 0 Å². The summed E-state index contributed by atoms with van der Waals surface area (Å²) in [5, 5.41) is 32.1. The van der Waals surface area contributed by atoms with Crippen molar-refractivity contribution in [3.8, 4) is 5.75 Å². The van der Waals surface area contributed by atoms with Crippen molar-refractivity contribution in [3.05, 3.63) is 35.2 Å². The van der Waals surface area contributed by atoms with Crippen LogP contribution in [0.15, 0.2) is 27.7 Å². The lowest BCUT2D eigenvalue weighted by molar-refractivity contribution is -0.106. The summed E-state index contributed by atoms with van der Waals surface area (Å²) in [4.78, 5) is 8.45. The first-order valence-electron chi connectivity index (χ1n) is 9.74. The summed E-state index contributed by atoms with van der Waals surface area (Å²) in [6.45, 7) is 2.41. The highest BCUT2D eigenvalue weighted by Gasteiger charge is 2.28. The SMILES string of the molecule is OCCCOC(O)c1c(NN2CCOCC2)oc(C=C2C=Nc3ncccc32)c1O. The molecule has 0 bridgehead atoms. The molecule has 4 N–H and O–H groups in total. The summed E-state index contributed by atoms with van der Waals surface area (Å²) in [5.74, 6) is 0.692. The number of ether oxygens (including phenoxy) is 2. The van der Waals surface area contributed by atoms with Crippen molar-refractivity contribution < 1.29 is 29.2 Å². The molecule has 10 heteroatoms. The van der Waals surface area contributed by atoms with Crippen molar-refractivity contribution in [2.75, 3.05) is 44.9 Å². The smallest absolute Gasteiger partial charge is 0.220 e. The number of allylic oxidation sites excluding steroid dienone is 1. The van der Waals surface area contributed by atoms with Gasteiger partial charge in [-0.3, -0.25) is 5.43 Å². The zero-order valence-corrected chi connectivity index (χ0v) is 16.3. The quantitative estimate of drug-likeness (QED) is 0.375. The molecule has 0 spiro atoms. The fourth-order valence-corrected chi connectivity index (χ4v) is 3.21. The minimum atomic E-state index is -1.43. The summed E-state index contributed by atoms with van der Waals surface area (Å²) in [5.41, 5.74) is 4.72. The number of aromatic hydroxyl groups is 1. The van der Waals surface area contributed by atoms with Crippen molar-refractivity contribution in [3.63, 3.8) is 0 Å². The fourth-order valence-electron chi connectivity index (χ4n) is 3.21. The molecule has 0 radical (unpaired) electrons. The molecule has 0 aliphatic carbocycles. The molecule has 1 unspecified atom stereocenters. The number of rotatable bonds is 8. The van der Waals surface area contributed by atoms with Gasteiger partial charge in [-0.15, -0.1) is 0 Å². The first-order chi connectivity index (χ1) is 14.7. The molecule has 1 atom stereocenters. The summed E-state index contributed by atoms with van der Waals surface area (Å²) in [6.07, 6.45) is 3.87. The zero-order chi connectivity index (χ0) is 20.9. The van der Waals surface area contributed by atoms with Crippen LogP contribution in [0.5, 0.6) is 5.75 Å². The number of hydrogen-bond donors (Lipinski definition) is 4. The minimum Gasteiger partial charge on any atom is -0.504 e. The molecular formula is C20H24N4O6. The maximum atomic E-state index is 10.8. The van der Waals surface area contributed by atoms with Gasteiger partial charge >= 0.3 is 0 Å². The van der Waals surface area contributed by atoms with E-state index in [0.29, 0.717) is 38.5 Å². The Morgan fingerprint density at radius 1 is 1.33 bits per heavy atom. The standard InChI is InChI=1S/C20H24N4O6/c25-7-2-8-29-20(27)16-17(26)15(30-19(16)23-24-5-9-28-10-6-24)11-13-12-22-18-14(13)3-1-4-21-18/h1,3-4,11-12,20,23,25-27H,2,5-10H2. The number of hydrogen-bond acceptors (Lipinski definition) is 10. The lowest BCUT2D eigenvalue weighted by Gasteiger charge is -2.27. The Kier molecular flexibility index (Phi) is 6.41. The molecule has 0 amide bonds. The second kappa shape index (κ2) is 9.37. The Labute approximate surface area is 173 Å². The zero-order valence-electron chi connectivity index (χ0n) is 16.3. The Morgan fingerprint density at radius 2 is 2.17 bits per heavy atom. The van der Waals surface area contributed by atoms with E-state index in [1.54, 1.807) is 24.6 Å². The van der Waals surface area contributed by atoms with Gasteiger partial charge in [-0.2, -0.15) is 0 Å². The van der Waals surface area contributed by atoms with Crippen molar-refractivity contribution in [1.82, 2.24) is 9.99 Å². The van der Waals surface area contributed by atoms with E-state index in [4.69, 9.17) is 19.0 Å². The van der Waals surface area contributed by atoms with Crippen molar-refractivity contribution >= 4 is 29.6 Å². The topological polar surface area (TPSA) is 133 Å². The molecule has 2 aliphatic heterocycles. The van der Waals surface area contributed by atoms with E-state index in [9.17, 15) is 10.2 Å². The third-order valence-corrected chi connectivity index (χ3v) is 4.75. The van der Waals surface area contributed by atoms with Crippen LogP contribution in [0.1, 0.15) is 29.6 Å². The van der Waals surface area contributed by atoms with Gasteiger partial charge in [0.15, 0.2) is 23.6 Å². The number of fused-ring (bicyclic) bond motifs is 1. The monoisotopic (exact) mass is 416 g/mol. The molecule has 1 fully saturated rings. The number of aliphatic imine (C=N–C) groups is 1. The molecule has 30 heavy (non-hydrogen) atoms.